The van der Waals surface area contributed by atoms with Crippen molar-refractivity contribution in [3.05, 3.63) is 22.2 Å². The summed E-state index contributed by atoms with van der Waals surface area (Å²) >= 11 is 3.19. The van der Waals surface area contributed by atoms with E-state index in [1.165, 1.54) is 0 Å². The van der Waals surface area contributed by atoms with Crippen LogP contribution in [0.2, 0.25) is 0 Å². The second-order valence-corrected chi connectivity index (χ2v) is 5.19. The first kappa shape index (κ1) is 10.5. The van der Waals surface area contributed by atoms with Crippen LogP contribution in [0.4, 0.5) is 0 Å². The molecular formula is C11H11BrO3. The highest BCUT2D eigenvalue weighted by atomic mass is 79.9. The minimum atomic E-state index is -0.289. The van der Waals surface area contributed by atoms with Crippen LogP contribution in [0.1, 0.15) is 25.8 Å². The highest BCUT2D eigenvalue weighted by molar-refractivity contribution is 9.10. The van der Waals surface area contributed by atoms with Crippen molar-refractivity contribution in [1.29, 1.82) is 0 Å². The smallest absolute Gasteiger partial charge is 0.312 e. The molecule has 1 heterocycles. The van der Waals surface area contributed by atoms with Crippen molar-refractivity contribution in [1.82, 2.24) is 0 Å². The molecule has 1 aromatic rings. The number of aromatic hydroxyl groups is 1. The Labute approximate surface area is 96.2 Å². The lowest BCUT2D eigenvalue weighted by Gasteiger charge is -2.31. The highest BCUT2D eigenvalue weighted by Gasteiger charge is 2.34. The van der Waals surface area contributed by atoms with Gasteiger partial charge in [-0.3, -0.25) is 4.79 Å². The summed E-state index contributed by atoms with van der Waals surface area (Å²) in [5.74, 6) is 0.464. The van der Waals surface area contributed by atoms with E-state index in [2.05, 4.69) is 15.9 Å². The molecule has 80 valence electrons. The zero-order chi connectivity index (χ0) is 11.2. The van der Waals surface area contributed by atoms with Crippen molar-refractivity contribution in [3.8, 4) is 11.5 Å². The number of phenolic OH excluding ortho intramolecular Hbond substituents is 1. The van der Waals surface area contributed by atoms with E-state index < -0.39 is 0 Å². The SMILES string of the molecule is CC1(C)CC(=O)Oc2cc(Br)c(O)cc21. The van der Waals surface area contributed by atoms with Crippen molar-refractivity contribution in [2.24, 2.45) is 0 Å². The highest BCUT2D eigenvalue weighted by Crippen LogP contribution is 2.43. The Hall–Kier alpha value is -1.03. The van der Waals surface area contributed by atoms with E-state index in [9.17, 15) is 9.90 Å². The monoisotopic (exact) mass is 270 g/mol. The minimum absolute atomic E-state index is 0.166. The van der Waals surface area contributed by atoms with E-state index in [1.807, 2.05) is 13.8 Å². The summed E-state index contributed by atoms with van der Waals surface area (Å²) in [4.78, 5) is 11.3. The second kappa shape index (κ2) is 3.23. The number of phenols is 1. The van der Waals surface area contributed by atoms with Gasteiger partial charge in [-0.15, -0.1) is 0 Å². The number of fused-ring (bicyclic) bond motifs is 1. The van der Waals surface area contributed by atoms with Gasteiger partial charge in [0.1, 0.15) is 11.5 Å². The molecule has 0 bridgehead atoms. The third-order valence-corrected chi connectivity index (χ3v) is 3.22. The molecule has 2 rings (SSSR count). The molecule has 1 aliphatic rings. The van der Waals surface area contributed by atoms with Crippen LogP contribution in [-0.4, -0.2) is 11.1 Å². The van der Waals surface area contributed by atoms with Crippen molar-refractivity contribution >= 4 is 21.9 Å². The summed E-state index contributed by atoms with van der Waals surface area (Å²) in [5, 5.41) is 9.59. The van der Waals surface area contributed by atoms with Crippen LogP contribution in [0.25, 0.3) is 0 Å². The van der Waals surface area contributed by atoms with Gasteiger partial charge in [0.25, 0.3) is 0 Å². The van der Waals surface area contributed by atoms with Crippen molar-refractivity contribution < 1.29 is 14.6 Å². The number of carbonyl (C=O) groups is 1. The summed E-state index contributed by atoms with van der Waals surface area (Å²) in [6.45, 7) is 3.92. The van der Waals surface area contributed by atoms with Gasteiger partial charge in [0.2, 0.25) is 0 Å². The summed E-state index contributed by atoms with van der Waals surface area (Å²) in [7, 11) is 0. The first-order valence-corrected chi connectivity index (χ1v) is 5.43. The van der Waals surface area contributed by atoms with E-state index in [-0.39, 0.29) is 17.1 Å². The minimum Gasteiger partial charge on any atom is -0.507 e. The van der Waals surface area contributed by atoms with Crippen molar-refractivity contribution in [2.45, 2.75) is 25.7 Å². The summed E-state index contributed by atoms with van der Waals surface area (Å²) in [6.07, 6.45) is 0.334. The Kier molecular flexibility index (Phi) is 2.26. The number of esters is 1. The van der Waals surface area contributed by atoms with Crippen LogP contribution < -0.4 is 4.74 Å². The summed E-state index contributed by atoms with van der Waals surface area (Å²) < 4.78 is 5.66. The number of hydrogen-bond acceptors (Lipinski definition) is 3. The van der Waals surface area contributed by atoms with Gasteiger partial charge in [-0.05, 0) is 28.1 Å². The third kappa shape index (κ3) is 1.74. The van der Waals surface area contributed by atoms with E-state index in [0.29, 0.717) is 16.6 Å². The fourth-order valence-corrected chi connectivity index (χ4v) is 2.09. The first-order valence-electron chi connectivity index (χ1n) is 4.64. The summed E-state index contributed by atoms with van der Waals surface area (Å²) in [6, 6.07) is 3.27. The average molecular weight is 271 g/mol. The lowest BCUT2D eigenvalue weighted by molar-refractivity contribution is -0.136. The van der Waals surface area contributed by atoms with Gasteiger partial charge in [0.15, 0.2) is 0 Å². The van der Waals surface area contributed by atoms with Crippen LogP contribution in [0.5, 0.6) is 11.5 Å². The molecule has 0 aliphatic carbocycles. The van der Waals surface area contributed by atoms with Crippen LogP contribution in [0.3, 0.4) is 0 Å². The molecule has 15 heavy (non-hydrogen) atoms. The Morgan fingerprint density at radius 2 is 2.13 bits per heavy atom. The molecule has 0 spiro atoms. The molecule has 3 nitrogen and oxygen atoms in total. The van der Waals surface area contributed by atoms with Crippen LogP contribution in [-0.2, 0) is 10.2 Å². The molecule has 1 aliphatic heterocycles. The van der Waals surface area contributed by atoms with Gasteiger partial charge in [0.05, 0.1) is 10.9 Å². The van der Waals surface area contributed by atoms with Crippen LogP contribution in [0, 0.1) is 0 Å². The number of carbonyl (C=O) groups excluding carboxylic acids is 1. The molecular weight excluding hydrogens is 260 g/mol. The largest absolute Gasteiger partial charge is 0.507 e. The van der Waals surface area contributed by atoms with Gasteiger partial charge in [-0.1, -0.05) is 13.8 Å². The van der Waals surface area contributed by atoms with Crippen molar-refractivity contribution in [2.75, 3.05) is 0 Å². The molecule has 4 heteroatoms. The molecule has 0 fully saturated rings. The predicted molar refractivity (Wildman–Crippen MR) is 59.1 cm³/mol. The number of ether oxygens (including phenoxy) is 1. The van der Waals surface area contributed by atoms with Gasteiger partial charge >= 0.3 is 5.97 Å². The number of halogens is 1. The van der Waals surface area contributed by atoms with Crippen molar-refractivity contribution in [3.63, 3.8) is 0 Å². The fourth-order valence-electron chi connectivity index (χ4n) is 1.77. The maximum atomic E-state index is 11.3. The molecule has 0 aromatic heterocycles. The Morgan fingerprint density at radius 3 is 2.80 bits per heavy atom. The predicted octanol–water partition coefficient (Wildman–Crippen LogP) is 2.74. The number of hydrogen-bond donors (Lipinski definition) is 1. The molecule has 1 aromatic carbocycles. The van der Waals surface area contributed by atoms with Gasteiger partial charge in [-0.2, -0.15) is 0 Å². The average Bonchev–Trinajstić information content (AvgIpc) is 2.07. The normalized spacial score (nSPS) is 18.2. The second-order valence-electron chi connectivity index (χ2n) is 4.33. The Balaban J connectivity index is 2.62. The quantitative estimate of drug-likeness (QED) is 0.583. The third-order valence-electron chi connectivity index (χ3n) is 2.59. The molecule has 1 N–H and O–H groups in total. The molecule has 0 saturated heterocycles. The zero-order valence-electron chi connectivity index (χ0n) is 8.50. The van der Waals surface area contributed by atoms with Gasteiger partial charge in [0, 0.05) is 11.0 Å². The zero-order valence-corrected chi connectivity index (χ0v) is 10.1. The standard InChI is InChI=1S/C11H11BrO3/c1-11(2)5-10(14)15-9-4-7(12)8(13)3-6(9)11/h3-4,13H,5H2,1-2H3. The molecule has 0 radical (unpaired) electrons. The Bertz CT molecular complexity index is 438. The topological polar surface area (TPSA) is 46.5 Å². The molecule has 0 unspecified atom stereocenters. The fraction of sp³-hybridized carbons (Fsp3) is 0.364. The molecule has 0 amide bonds. The maximum absolute atomic E-state index is 11.3. The molecule has 0 saturated carbocycles. The van der Waals surface area contributed by atoms with Crippen LogP contribution in [0.15, 0.2) is 16.6 Å². The first-order chi connectivity index (χ1) is 6.90. The lowest BCUT2D eigenvalue weighted by atomic mass is 9.79. The van der Waals surface area contributed by atoms with E-state index in [0.717, 1.165) is 5.56 Å². The molecule has 0 atom stereocenters. The van der Waals surface area contributed by atoms with E-state index >= 15 is 0 Å². The van der Waals surface area contributed by atoms with Gasteiger partial charge in [-0.25, -0.2) is 0 Å². The van der Waals surface area contributed by atoms with E-state index in [1.54, 1.807) is 12.1 Å². The maximum Gasteiger partial charge on any atom is 0.312 e. The number of rotatable bonds is 0. The number of benzene rings is 1. The lowest BCUT2D eigenvalue weighted by Crippen LogP contribution is -2.30. The van der Waals surface area contributed by atoms with E-state index in [4.69, 9.17) is 4.74 Å². The van der Waals surface area contributed by atoms with Crippen LogP contribution >= 0.6 is 15.9 Å². The summed E-state index contributed by atoms with van der Waals surface area (Å²) in [5.41, 5.74) is 0.575. The Morgan fingerprint density at radius 1 is 1.47 bits per heavy atom. The van der Waals surface area contributed by atoms with Gasteiger partial charge < -0.3 is 9.84 Å².